The summed E-state index contributed by atoms with van der Waals surface area (Å²) >= 11 is 0. The van der Waals surface area contributed by atoms with E-state index in [9.17, 15) is 4.79 Å². The maximum Gasteiger partial charge on any atom is 0.230 e. The van der Waals surface area contributed by atoms with E-state index in [0.29, 0.717) is 17.9 Å². The molecular formula is C21H24N6O. The number of piperidine rings is 1. The van der Waals surface area contributed by atoms with Gasteiger partial charge in [0.1, 0.15) is 5.82 Å². The van der Waals surface area contributed by atoms with Crippen molar-refractivity contribution in [3.05, 3.63) is 42.6 Å². The van der Waals surface area contributed by atoms with Gasteiger partial charge in [-0.3, -0.25) is 9.48 Å². The lowest BCUT2D eigenvalue weighted by molar-refractivity contribution is -0.135. The fourth-order valence-electron chi connectivity index (χ4n) is 4.75. The van der Waals surface area contributed by atoms with E-state index in [1.165, 1.54) is 0 Å². The van der Waals surface area contributed by atoms with E-state index in [4.69, 9.17) is 5.73 Å². The molecule has 2 aliphatic rings. The fraction of sp³-hybridized carbons (Fsp3) is 0.429. The van der Waals surface area contributed by atoms with Crippen molar-refractivity contribution in [2.24, 2.45) is 12.8 Å². The number of fused-ring (bicyclic) bond motifs is 3. The van der Waals surface area contributed by atoms with E-state index in [1.54, 1.807) is 10.9 Å². The summed E-state index contributed by atoms with van der Waals surface area (Å²) in [4.78, 5) is 24.1. The minimum atomic E-state index is 0.127. The second-order valence-corrected chi connectivity index (χ2v) is 8.06. The van der Waals surface area contributed by atoms with E-state index in [-0.39, 0.29) is 18.4 Å². The van der Waals surface area contributed by atoms with Crippen LogP contribution in [0.4, 0.5) is 0 Å². The van der Waals surface area contributed by atoms with Gasteiger partial charge in [-0.1, -0.05) is 12.1 Å². The van der Waals surface area contributed by atoms with Gasteiger partial charge in [-0.15, -0.1) is 0 Å². The highest BCUT2D eigenvalue weighted by atomic mass is 16.2. The van der Waals surface area contributed by atoms with Crippen LogP contribution < -0.4 is 5.73 Å². The largest absolute Gasteiger partial charge is 0.336 e. The summed E-state index contributed by atoms with van der Waals surface area (Å²) in [5.74, 6) is 0.706. The number of rotatable bonds is 3. The molecule has 28 heavy (non-hydrogen) atoms. The lowest BCUT2D eigenvalue weighted by Gasteiger charge is -2.37. The highest BCUT2D eigenvalue weighted by Crippen LogP contribution is 2.35. The number of aromatic nitrogens is 4. The van der Waals surface area contributed by atoms with Crippen molar-refractivity contribution in [3.63, 3.8) is 0 Å². The van der Waals surface area contributed by atoms with Crippen LogP contribution in [0.2, 0.25) is 0 Å². The van der Waals surface area contributed by atoms with Gasteiger partial charge in [-0.05, 0) is 37.3 Å². The lowest BCUT2D eigenvalue weighted by Crippen LogP contribution is -2.50. The zero-order chi connectivity index (χ0) is 19.3. The van der Waals surface area contributed by atoms with Crippen LogP contribution in [0.1, 0.15) is 31.5 Å². The molecule has 0 radical (unpaired) electrons. The van der Waals surface area contributed by atoms with Crippen molar-refractivity contribution in [2.45, 2.75) is 50.2 Å². The Kier molecular flexibility index (Phi) is 4.12. The van der Waals surface area contributed by atoms with Crippen molar-refractivity contribution in [1.29, 1.82) is 0 Å². The van der Waals surface area contributed by atoms with Gasteiger partial charge in [0.15, 0.2) is 0 Å². The molecule has 3 atom stereocenters. The molecule has 7 nitrogen and oxygen atoms in total. The summed E-state index contributed by atoms with van der Waals surface area (Å²) < 4.78 is 1.78. The number of nitrogens with two attached hydrogens (primary N) is 1. The Morgan fingerprint density at radius 3 is 2.68 bits per heavy atom. The third-order valence-corrected chi connectivity index (χ3v) is 6.04. The molecule has 2 aliphatic heterocycles. The van der Waals surface area contributed by atoms with Crippen LogP contribution in [0.15, 0.2) is 36.8 Å². The van der Waals surface area contributed by atoms with Crippen LogP contribution in [-0.4, -0.2) is 48.7 Å². The van der Waals surface area contributed by atoms with E-state index in [1.807, 2.05) is 37.6 Å². The van der Waals surface area contributed by atoms with Crippen molar-refractivity contribution in [1.82, 2.24) is 24.6 Å². The second kappa shape index (κ2) is 6.67. The molecule has 144 valence electrons. The second-order valence-electron chi connectivity index (χ2n) is 8.06. The third-order valence-electron chi connectivity index (χ3n) is 6.04. The Labute approximate surface area is 163 Å². The number of hydrogen-bond donors (Lipinski definition) is 1. The van der Waals surface area contributed by atoms with Crippen LogP contribution in [-0.2, 0) is 18.3 Å². The first-order chi connectivity index (χ1) is 13.6. The van der Waals surface area contributed by atoms with Gasteiger partial charge in [0.05, 0.1) is 18.1 Å². The quantitative estimate of drug-likeness (QED) is 0.756. The first-order valence-electron chi connectivity index (χ1n) is 9.88. The van der Waals surface area contributed by atoms with Crippen LogP contribution in [0.5, 0.6) is 0 Å². The lowest BCUT2D eigenvalue weighted by atomic mass is 9.98. The predicted octanol–water partition coefficient (Wildman–Crippen LogP) is 2.05. The highest BCUT2D eigenvalue weighted by Gasteiger charge is 2.42. The van der Waals surface area contributed by atoms with Gasteiger partial charge in [0, 0.05) is 48.5 Å². The van der Waals surface area contributed by atoms with Gasteiger partial charge in [-0.25, -0.2) is 9.97 Å². The minimum absolute atomic E-state index is 0.127. The van der Waals surface area contributed by atoms with Crippen molar-refractivity contribution < 1.29 is 4.79 Å². The number of benzene rings is 1. The number of carbonyl (C=O) groups excluding carboxylic acids is 1. The van der Waals surface area contributed by atoms with Crippen molar-refractivity contribution in [3.8, 4) is 11.1 Å². The Balaban J connectivity index is 1.39. The molecule has 3 aromatic rings. The van der Waals surface area contributed by atoms with E-state index >= 15 is 0 Å². The third kappa shape index (κ3) is 3.05. The molecule has 2 N–H and O–H groups in total. The maximum absolute atomic E-state index is 13.0. The van der Waals surface area contributed by atoms with Gasteiger partial charge in [0.25, 0.3) is 0 Å². The number of amides is 1. The standard InChI is InChI=1S/C21H24N6O/c1-26-12-15(11-24-26)13-2-3-14-10-23-20(25-19(14)6-13)9-21(28)27-17-4-5-18(27)8-16(22)7-17/h2-3,6,10-12,16-18H,4-5,7-9,22H2,1H3/t16?,17-,18+. The monoisotopic (exact) mass is 376 g/mol. The minimum Gasteiger partial charge on any atom is -0.336 e. The molecule has 0 spiro atoms. The molecule has 1 amide bonds. The molecular weight excluding hydrogens is 352 g/mol. The summed E-state index contributed by atoms with van der Waals surface area (Å²) in [5, 5.41) is 5.20. The molecule has 7 heteroatoms. The zero-order valence-electron chi connectivity index (χ0n) is 16.0. The molecule has 5 rings (SSSR count). The predicted molar refractivity (Wildman–Crippen MR) is 106 cm³/mol. The molecule has 1 aromatic carbocycles. The van der Waals surface area contributed by atoms with Crippen molar-refractivity contribution >= 4 is 16.8 Å². The first kappa shape index (κ1) is 17.3. The average Bonchev–Trinajstić information content (AvgIpc) is 3.22. The number of nitrogens with zero attached hydrogens (tertiary/aromatic N) is 5. The average molecular weight is 376 g/mol. The molecule has 4 heterocycles. The number of hydrogen-bond acceptors (Lipinski definition) is 5. The Morgan fingerprint density at radius 2 is 1.96 bits per heavy atom. The van der Waals surface area contributed by atoms with Crippen LogP contribution in [0.3, 0.4) is 0 Å². The van der Waals surface area contributed by atoms with Gasteiger partial charge in [-0.2, -0.15) is 5.10 Å². The summed E-state index contributed by atoms with van der Waals surface area (Å²) in [6.45, 7) is 0. The van der Waals surface area contributed by atoms with Gasteiger partial charge < -0.3 is 10.6 Å². The van der Waals surface area contributed by atoms with Gasteiger partial charge >= 0.3 is 0 Å². The molecule has 2 fully saturated rings. The highest BCUT2D eigenvalue weighted by molar-refractivity contribution is 5.84. The maximum atomic E-state index is 13.0. The summed E-state index contributed by atoms with van der Waals surface area (Å²) in [6, 6.07) is 6.89. The van der Waals surface area contributed by atoms with Gasteiger partial charge in [0.2, 0.25) is 5.91 Å². The number of aryl methyl sites for hydroxylation is 1. The van der Waals surface area contributed by atoms with E-state index in [0.717, 1.165) is 47.7 Å². The molecule has 2 bridgehead atoms. The zero-order valence-corrected chi connectivity index (χ0v) is 16.0. The summed E-state index contributed by atoms with van der Waals surface area (Å²) in [5.41, 5.74) is 9.08. The first-order valence-corrected chi connectivity index (χ1v) is 9.88. The van der Waals surface area contributed by atoms with Crippen LogP contribution in [0.25, 0.3) is 22.0 Å². The molecule has 0 saturated carbocycles. The Morgan fingerprint density at radius 1 is 1.18 bits per heavy atom. The molecule has 2 saturated heterocycles. The smallest absolute Gasteiger partial charge is 0.230 e. The SMILES string of the molecule is Cn1cc(-c2ccc3cnc(CC(=O)N4[C@@H]5CC[C@H]4CC(N)C5)nc3c2)cn1. The van der Waals surface area contributed by atoms with Crippen molar-refractivity contribution in [2.75, 3.05) is 0 Å². The molecule has 1 unspecified atom stereocenters. The number of carbonyl (C=O) groups is 1. The van der Waals surface area contributed by atoms with Crippen LogP contribution >= 0.6 is 0 Å². The topological polar surface area (TPSA) is 89.9 Å². The van der Waals surface area contributed by atoms with E-state index in [2.05, 4.69) is 20.0 Å². The Hall–Kier alpha value is -2.80. The molecule has 2 aromatic heterocycles. The Bertz CT molecular complexity index is 1030. The normalized spacial score (nSPS) is 24.1. The summed E-state index contributed by atoms with van der Waals surface area (Å²) in [6.07, 6.45) is 9.82. The van der Waals surface area contributed by atoms with E-state index < -0.39 is 0 Å². The van der Waals surface area contributed by atoms with Crippen LogP contribution in [0, 0.1) is 0 Å². The summed E-state index contributed by atoms with van der Waals surface area (Å²) in [7, 11) is 1.90. The molecule has 0 aliphatic carbocycles. The fourth-order valence-corrected chi connectivity index (χ4v) is 4.75.